The molecule has 32 nitrogen and oxygen atoms in total. The first kappa shape index (κ1) is 87.2. The standard InChI is InChI=1S/C69H119N15O17/c1-20-40(9)51(76-53(90)46(36-86)73-57(94)48-26-23-29-83(48)63(100)66(13,14)78-54(91)43(32-38(5)6)72-52(89)45(34-50(70)88)75-61(98)69(19,21-2)77-41(10)87)59(96)81-68(17,18)64(101)84-30-24-27-49(84)58(95)80-65(11,12)60(97)74-44(33-39(7)8)55(92)79-67(15,16)62(99)82-28-22-25-47(82)56(93)71-42(35-85)31-37(3)4/h37-40,42-49,51,85-86H,20-36H2,1-19H3,(H2,70,88)(H,71,93)(H,72,89)(H,73,94)(H,74,97)(H,75,98)(H,76,90)(H,77,87)(H,78,91)(H,79,92)(H,80,95)(H,81,96)/t40-,42-,43-,44-,45-,46-,47-,48-,49-,51-,69+/m0/s1. The Morgan fingerprint density at radius 3 is 1.22 bits per heavy atom. The van der Waals surface area contributed by atoms with Crippen LogP contribution in [0.1, 0.15) is 209 Å². The number of hydrogen-bond acceptors (Lipinski definition) is 17. The monoisotopic (exact) mass is 1430 g/mol. The quantitative estimate of drug-likeness (QED) is 0.0347. The van der Waals surface area contributed by atoms with Gasteiger partial charge < -0.3 is 89.1 Å². The zero-order valence-corrected chi connectivity index (χ0v) is 63.0. The fraction of sp³-hybridized carbons (Fsp3) is 0.783. The number of rotatable bonds is 37. The van der Waals surface area contributed by atoms with Gasteiger partial charge in [-0.3, -0.25) is 71.9 Å². The van der Waals surface area contributed by atoms with Crippen LogP contribution in [0.4, 0.5) is 0 Å². The molecule has 3 fully saturated rings. The molecular weight excluding hydrogens is 1310 g/mol. The van der Waals surface area contributed by atoms with Crippen LogP contribution in [-0.2, 0) is 71.9 Å². The summed E-state index contributed by atoms with van der Waals surface area (Å²) < 4.78 is 0. The number of primary amides is 1. The largest absolute Gasteiger partial charge is 0.394 e. The Labute approximate surface area is 594 Å². The molecule has 0 unspecified atom stereocenters. The summed E-state index contributed by atoms with van der Waals surface area (Å²) in [6.07, 6.45) is 2.34. The third-order valence-corrected chi connectivity index (χ3v) is 18.7. The summed E-state index contributed by atoms with van der Waals surface area (Å²) >= 11 is 0. The van der Waals surface area contributed by atoms with Gasteiger partial charge in [-0.25, -0.2) is 0 Å². The second-order valence-corrected chi connectivity index (χ2v) is 31.0. The molecule has 0 radical (unpaired) electrons. The number of likely N-dealkylation sites (tertiary alicyclic amines) is 3. The van der Waals surface area contributed by atoms with E-state index >= 15 is 0 Å². The maximum Gasteiger partial charge on any atom is 0.248 e. The summed E-state index contributed by atoms with van der Waals surface area (Å²) in [5, 5.41) is 49.6. The first-order valence-corrected chi connectivity index (χ1v) is 35.5. The van der Waals surface area contributed by atoms with Crippen LogP contribution in [0.25, 0.3) is 0 Å². The molecule has 0 bridgehead atoms. The van der Waals surface area contributed by atoms with Gasteiger partial charge in [-0.2, -0.15) is 0 Å². The molecule has 15 amide bonds. The molecule has 15 N–H and O–H groups in total. The smallest absolute Gasteiger partial charge is 0.248 e. The maximum atomic E-state index is 14.5. The molecule has 0 aromatic rings. The first-order valence-electron chi connectivity index (χ1n) is 35.5. The number of nitrogens with one attached hydrogen (secondary N) is 11. The highest BCUT2D eigenvalue weighted by Gasteiger charge is 2.48. The Kier molecular flexibility index (Phi) is 32.1. The third kappa shape index (κ3) is 24.6. The summed E-state index contributed by atoms with van der Waals surface area (Å²) in [6.45, 7) is 29.4. The zero-order chi connectivity index (χ0) is 77.2. The molecule has 572 valence electrons. The Hall–Kier alpha value is -8.03. The summed E-state index contributed by atoms with van der Waals surface area (Å²) in [5.41, 5.74) is -2.72. The Bertz CT molecular complexity index is 3030. The van der Waals surface area contributed by atoms with Crippen molar-refractivity contribution in [1.29, 1.82) is 0 Å². The maximum absolute atomic E-state index is 14.5. The van der Waals surface area contributed by atoms with E-state index in [9.17, 15) is 82.1 Å². The SMILES string of the molecule is CC[C@H](C)[C@H](NC(=O)[C@H](CO)NC(=O)[C@@H]1CCCN1C(=O)C(C)(C)NC(=O)[C@H](CC(C)C)NC(=O)[C@H](CC(N)=O)NC(=O)[C@@](C)(CC)NC(C)=O)C(=O)NC(C)(C)C(=O)N1CCC[C@H]1C(=O)NC(C)(C)C(=O)N[C@@H](CC(C)C)C(=O)NC(C)(C)C(=O)N1CCC[C@H]1C(=O)N[C@H](CO)CC(C)C. The second kappa shape index (κ2) is 37.2. The molecule has 3 saturated heterocycles. The van der Waals surface area contributed by atoms with Crippen molar-refractivity contribution in [3.8, 4) is 0 Å². The summed E-state index contributed by atoms with van der Waals surface area (Å²) in [7, 11) is 0. The molecule has 32 heteroatoms. The van der Waals surface area contributed by atoms with Crippen LogP contribution in [-0.4, -0.2) is 228 Å². The number of aliphatic hydroxyl groups is 2. The highest BCUT2D eigenvalue weighted by molar-refractivity contribution is 6.03. The molecular formula is C69H119N15O17. The number of hydrogen-bond donors (Lipinski definition) is 14. The van der Waals surface area contributed by atoms with Crippen molar-refractivity contribution in [1.82, 2.24) is 73.2 Å². The van der Waals surface area contributed by atoms with Gasteiger partial charge >= 0.3 is 0 Å². The Morgan fingerprint density at radius 2 is 0.832 bits per heavy atom. The molecule has 3 heterocycles. The normalized spacial score (nSPS) is 19.2. The van der Waals surface area contributed by atoms with E-state index in [1.54, 1.807) is 34.6 Å². The van der Waals surface area contributed by atoms with Crippen molar-refractivity contribution in [2.75, 3.05) is 32.8 Å². The number of aliphatic hydroxyl groups excluding tert-OH is 2. The predicted molar refractivity (Wildman–Crippen MR) is 373 cm³/mol. The van der Waals surface area contributed by atoms with E-state index in [0.29, 0.717) is 38.5 Å². The van der Waals surface area contributed by atoms with Gasteiger partial charge in [-0.1, -0.05) is 68.7 Å². The fourth-order valence-electron chi connectivity index (χ4n) is 12.6. The number of amides is 15. The van der Waals surface area contributed by atoms with E-state index in [1.165, 1.54) is 83.9 Å². The van der Waals surface area contributed by atoms with Crippen LogP contribution in [0, 0.1) is 23.7 Å². The molecule has 3 aliphatic heterocycles. The highest BCUT2D eigenvalue weighted by Crippen LogP contribution is 2.27. The molecule has 0 aromatic carbocycles. The summed E-state index contributed by atoms with van der Waals surface area (Å²) in [4.78, 5) is 211. The van der Waals surface area contributed by atoms with Crippen molar-refractivity contribution < 1.29 is 82.1 Å². The van der Waals surface area contributed by atoms with E-state index < -0.39 is 190 Å². The van der Waals surface area contributed by atoms with E-state index in [4.69, 9.17) is 5.73 Å². The van der Waals surface area contributed by atoms with Gasteiger partial charge in [-0.15, -0.1) is 0 Å². The lowest BCUT2D eigenvalue weighted by atomic mass is 9.95. The first-order chi connectivity index (χ1) is 46.6. The van der Waals surface area contributed by atoms with E-state index in [1.807, 2.05) is 27.7 Å². The van der Waals surface area contributed by atoms with Gasteiger partial charge in [0.25, 0.3) is 0 Å². The number of nitrogens with two attached hydrogens (primary N) is 1. The van der Waals surface area contributed by atoms with E-state index in [2.05, 4.69) is 58.5 Å². The van der Waals surface area contributed by atoms with Crippen molar-refractivity contribution >= 4 is 88.6 Å². The van der Waals surface area contributed by atoms with Crippen LogP contribution < -0.4 is 64.2 Å². The second-order valence-electron chi connectivity index (χ2n) is 31.0. The lowest BCUT2D eigenvalue weighted by molar-refractivity contribution is -0.146. The predicted octanol–water partition coefficient (Wildman–Crippen LogP) is -1.20. The van der Waals surface area contributed by atoms with Crippen LogP contribution in [0.15, 0.2) is 0 Å². The van der Waals surface area contributed by atoms with Gasteiger partial charge in [0.15, 0.2) is 0 Å². The minimum atomic E-state index is -1.74. The van der Waals surface area contributed by atoms with Crippen molar-refractivity contribution in [2.45, 2.75) is 291 Å². The van der Waals surface area contributed by atoms with Crippen molar-refractivity contribution in [3.63, 3.8) is 0 Å². The molecule has 0 saturated carbocycles. The number of nitrogens with zero attached hydrogens (tertiary/aromatic N) is 3. The molecule has 0 aliphatic carbocycles. The van der Waals surface area contributed by atoms with Gasteiger partial charge in [0.05, 0.1) is 25.7 Å². The van der Waals surface area contributed by atoms with Crippen LogP contribution in [0.5, 0.6) is 0 Å². The molecule has 0 spiro atoms. The molecule has 0 aromatic heterocycles. The van der Waals surface area contributed by atoms with Crippen molar-refractivity contribution in [3.05, 3.63) is 0 Å². The Morgan fingerprint density at radius 1 is 0.436 bits per heavy atom. The van der Waals surface area contributed by atoms with Gasteiger partial charge in [0, 0.05) is 26.6 Å². The summed E-state index contributed by atoms with van der Waals surface area (Å²) in [6, 6.07) is -10.8. The minimum Gasteiger partial charge on any atom is -0.394 e. The lowest BCUT2D eigenvalue weighted by Crippen LogP contribution is -2.65. The fourth-order valence-corrected chi connectivity index (χ4v) is 12.6. The van der Waals surface area contributed by atoms with Crippen LogP contribution >= 0.6 is 0 Å². The lowest BCUT2D eigenvalue weighted by Gasteiger charge is -2.36. The number of carbonyl (C=O) groups is 15. The van der Waals surface area contributed by atoms with E-state index in [-0.39, 0.29) is 76.1 Å². The minimum absolute atomic E-state index is 0.0233. The topological polar surface area (TPSA) is 465 Å². The summed E-state index contributed by atoms with van der Waals surface area (Å²) in [5.74, 6) is -11.9. The van der Waals surface area contributed by atoms with Crippen molar-refractivity contribution in [2.24, 2.45) is 29.4 Å². The third-order valence-electron chi connectivity index (χ3n) is 18.7. The Balaban J connectivity index is 1.72. The highest BCUT2D eigenvalue weighted by atomic mass is 16.3. The molecule has 3 rings (SSSR count). The van der Waals surface area contributed by atoms with E-state index in [0.717, 1.165) is 0 Å². The van der Waals surface area contributed by atoms with Crippen LogP contribution in [0.2, 0.25) is 0 Å². The average molecular weight is 1430 g/mol. The van der Waals surface area contributed by atoms with Gasteiger partial charge in [0.1, 0.15) is 76.0 Å². The molecule has 101 heavy (non-hydrogen) atoms. The van der Waals surface area contributed by atoms with Crippen LogP contribution in [0.3, 0.4) is 0 Å². The zero-order valence-electron chi connectivity index (χ0n) is 63.0. The molecule has 3 aliphatic rings. The number of carbonyl (C=O) groups excluding carboxylic acids is 15. The van der Waals surface area contributed by atoms with Gasteiger partial charge in [-0.05, 0) is 150 Å². The average Bonchev–Trinajstić information content (AvgIpc) is 1.76. The molecule has 11 atom stereocenters. The van der Waals surface area contributed by atoms with Gasteiger partial charge in [0.2, 0.25) is 88.6 Å².